The number of hydrogen-bond donors (Lipinski definition) is 7. The van der Waals surface area contributed by atoms with Gasteiger partial charge in [0.1, 0.15) is 24.4 Å². The molecule has 1 aromatic rings. The van der Waals surface area contributed by atoms with Crippen LogP contribution in [0.5, 0.6) is 0 Å². The largest absolute Gasteiger partial charge is 0.394 e. The summed E-state index contributed by atoms with van der Waals surface area (Å²) in [5.41, 5.74) is -2.47. The van der Waals surface area contributed by atoms with Gasteiger partial charge in [0.2, 0.25) is 0 Å². The Bertz CT molecular complexity index is 399. The lowest BCUT2D eigenvalue weighted by Gasteiger charge is -2.41. The normalized spacial score (nSPS) is 20.8. The standard InChI is InChI=1S/C13H20O7/c14-6-9(16)12(19)13(20,10(17)7-15)11(18)8-4-2-1-3-5-8/h1-5,9-12,14-20H,6-7H2. The van der Waals surface area contributed by atoms with Crippen molar-refractivity contribution in [2.75, 3.05) is 13.2 Å². The molecule has 5 unspecified atom stereocenters. The SMILES string of the molecule is OCC(O)C(O)C(O)(C(O)CO)C(O)c1ccccc1. The average molecular weight is 288 g/mol. The topological polar surface area (TPSA) is 142 Å². The second-order valence-electron chi connectivity index (χ2n) is 4.59. The molecular formula is C13H20O7. The van der Waals surface area contributed by atoms with E-state index in [1.807, 2.05) is 0 Å². The summed E-state index contributed by atoms with van der Waals surface area (Å²) in [5, 5.41) is 67.4. The van der Waals surface area contributed by atoms with Gasteiger partial charge in [-0.3, -0.25) is 0 Å². The van der Waals surface area contributed by atoms with Crippen molar-refractivity contribution in [3.05, 3.63) is 35.9 Å². The molecule has 114 valence electrons. The number of aliphatic hydroxyl groups excluding tert-OH is 6. The van der Waals surface area contributed by atoms with E-state index in [-0.39, 0.29) is 5.56 Å². The Hall–Kier alpha value is -1.06. The smallest absolute Gasteiger partial charge is 0.151 e. The molecule has 0 aliphatic carbocycles. The minimum absolute atomic E-state index is 0.173. The third-order valence-electron chi connectivity index (χ3n) is 3.29. The number of benzene rings is 1. The van der Waals surface area contributed by atoms with Crippen LogP contribution in [0.15, 0.2) is 30.3 Å². The maximum Gasteiger partial charge on any atom is 0.151 e. The molecule has 0 bridgehead atoms. The van der Waals surface area contributed by atoms with Crippen LogP contribution in [0, 0.1) is 0 Å². The van der Waals surface area contributed by atoms with Gasteiger partial charge in [0.25, 0.3) is 0 Å². The molecule has 1 aromatic carbocycles. The molecule has 0 aliphatic rings. The van der Waals surface area contributed by atoms with Gasteiger partial charge in [-0.25, -0.2) is 0 Å². The van der Waals surface area contributed by atoms with Crippen molar-refractivity contribution >= 4 is 0 Å². The summed E-state index contributed by atoms with van der Waals surface area (Å²) in [7, 11) is 0. The summed E-state index contributed by atoms with van der Waals surface area (Å²) in [6, 6.07) is 7.69. The number of rotatable bonds is 7. The van der Waals surface area contributed by atoms with Crippen LogP contribution in [0.2, 0.25) is 0 Å². The Balaban J connectivity index is 3.17. The molecule has 0 heterocycles. The molecule has 0 aromatic heterocycles. The van der Waals surface area contributed by atoms with Gasteiger partial charge < -0.3 is 35.7 Å². The fourth-order valence-corrected chi connectivity index (χ4v) is 2.00. The first-order valence-corrected chi connectivity index (χ1v) is 6.10. The van der Waals surface area contributed by atoms with E-state index >= 15 is 0 Å². The van der Waals surface area contributed by atoms with Crippen LogP contribution in [0.1, 0.15) is 11.7 Å². The third-order valence-corrected chi connectivity index (χ3v) is 3.29. The Kier molecular flexibility index (Phi) is 6.03. The number of hydrogen-bond acceptors (Lipinski definition) is 7. The van der Waals surface area contributed by atoms with E-state index in [9.17, 15) is 25.5 Å². The summed E-state index contributed by atoms with van der Waals surface area (Å²) >= 11 is 0. The van der Waals surface area contributed by atoms with Crippen molar-refractivity contribution in [1.29, 1.82) is 0 Å². The minimum atomic E-state index is -2.64. The highest BCUT2D eigenvalue weighted by Gasteiger charge is 2.51. The van der Waals surface area contributed by atoms with E-state index in [1.165, 1.54) is 12.1 Å². The molecular weight excluding hydrogens is 268 g/mol. The predicted molar refractivity (Wildman–Crippen MR) is 68.5 cm³/mol. The molecule has 7 nitrogen and oxygen atoms in total. The van der Waals surface area contributed by atoms with Gasteiger partial charge in [-0.05, 0) is 5.56 Å². The van der Waals surface area contributed by atoms with Crippen LogP contribution in [0.4, 0.5) is 0 Å². The summed E-state index contributed by atoms with van der Waals surface area (Å²) in [5.74, 6) is 0. The van der Waals surface area contributed by atoms with Crippen molar-refractivity contribution in [3.8, 4) is 0 Å². The first-order chi connectivity index (χ1) is 9.39. The Morgan fingerprint density at radius 1 is 0.900 bits per heavy atom. The van der Waals surface area contributed by atoms with Crippen molar-refractivity contribution < 1.29 is 35.7 Å². The maximum atomic E-state index is 10.4. The van der Waals surface area contributed by atoms with Gasteiger partial charge in [-0.15, -0.1) is 0 Å². The lowest BCUT2D eigenvalue weighted by molar-refractivity contribution is -0.233. The maximum absolute atomic E-state index is 10.4. The van der Waals surface area contributed by atoms with E-state index < -0.39 is 43.2 Å². The van der Waals surface area contributed by atoms with Crippen LogP contribution in [0.25, 0.3) is 0 Å². The molecule has 0 radical (unpaired) electrons. The highest BCUT2D eigenvalue weighted by Crippen LogP contribution is 2.33. The highest BCUT2D eigenvalue weighted by atomic mass is 16.4. The number of aliphatic hydroxyl groups is 7. The van der Waals surface area contributed by atoms with E-state index in [1.54, 1.807) is 18.2 Å². The molecule has 0 fully saturated rings. The van der Waals surface area contributed by atoms with Gasteiger partial charge in [0.05, 0.1) is 13.2 Å². The zero-order valence-electron chi connectivity index (χ0n) is 10.7. The van der Waals surface area contributed by atoms with Crippen LogP contribution < -0.4 is 0 Å². The van der Waals surface area contributed by atoms with Gasteiger partial charge in [0.15, 0.2) is 5.60 Å². The van der Waals surface area contributed by atoms with Crippen molar-refractivity contribution in [3.63, 3.8) is 0 Å². The van der Waals surface area contributed by atoms with Gasteiger partial charge >= 0.3 is 0 Å². The van der Waals surface area contributed by atoms with E-state index in [4.69, 9.17) is 10.2 Å². The highest BCUT2D eigenvalue weighted by molar-refractivity contribution is 5.22. The summed E-state index contributed by atoms with van der Waals surface area (Å²) in [6.45, 7) is -1.83. The molecule has 7 heteroatoms. The summed E-state index contributed by atoms with van der Waals surface area (Å²) in [6.07, 6.45) is -7.56. The Morgan fingerprint density at radius 3 is 1.90 bits per heavy atom. The van der Waals surface area contributed by atoms with Crippen LogP contribution in [-0.2, 0) is 0 Å². The molecule has 0 spiro atoms. The second kappa shape index (κ2) is 7.09. The zero-order valence-corrected chi connectivity index (χ0v) is 10.7. The van der Waals surface area contributed by atoms with Gasteiger partial charge in [0, 0.05) is 0 Å². The van der Waals surface area contributed by atoms with Crippen LogP contribution in [0.3, 0.4) is 0 Å². The summed E-state index contributed by atoms with van der Waals surface area (Å²) in [4.78, 5) is 0. The molecule has 0 amide bonds. The lowest BCUT2D eigenvalue weighted by atomic mass is 9.79. The second-order valence-corrected chi connectivity index (χ2v) is 4.59. The fourth-order valence-electron chi connectivity index (χ4n) is 2.00. The lowest BCUT2D eigenvalue weighted by Crippen LogP contribution is -2.62. The van der Waals surface area contributed by atoms with E-state index in [2.05, 4.69) is 0 Å². The predicted octanol–water partition coefficient (Wildman–Crippen LogP) is -2.48. The van der Waals surface area contributed by atoms with Gasteiger partial charge in [-0.2, -0.15) is 0 Å². The van der Waals surface area contributed by atoms with Crippen molar-refractivity contribution in [1.82, 2.24) is 0 Å². The fraction of sp³-hybridized carbons (Fsp3) is 0.538. The molecule has 1 rings (SSSR count). The van der Waals surface area contributed by atoms with Crippen molar-refractivity contribution in [2.45, 2.75) is 30.0 Å². The first-order valence-electron chi connectivity index (χ1n) is 6.10. The zero-order chi connectivity index (χ0) is 15.3. The van der Waals surface area contributed by atoms with Gasteiger partial charge in [-0.1, -0.05) is 30.3 Å². The minimum Gasteiger partial charge on any atom is -0.394 e. The molecule has 20 heavy (non-hydrogen) atoms. The quantitative estimate of drug-likeness (QED) is 0.294. The van der Waals surface area contributed by atoms with E-state index in [0.717, 1.165) is 0 Å². The molecule has 7 N–H and O–H groups in total. The van der Waals surface area contributed by atoms with Crippen LogP contribution in [-0.4, -0.2) is 72.9 Å². The third kappa shape index (κ3) is 3.15. The Labute approximate surface area is 116 Å². The molecule has 0 saturated heterocycles. The summed E-state index contributed by atoms with van der Waals surface area (Å²) < 4.78 is 0. The molecule has 0 saturated carbocycles. The van der Waals surface area contributed by atoms with Crippen molar-refractivity contribution in [2.24, 2.45) is 0 Å². The monoisotopic (exact) mass is 288 g/mol. The first kappa shape index (κ1) is 17.0. The van der Waals surface area contributed by atoms with E-state index in [0.29, 0.717) is 0 Å². The van der Waals surface area contributed by atoms with Crippen LogP contribution >= 0.6 is 0 Å². The molecule has 5 atom stereocenters. The molecule has 0 aliphatic heterocycles. The Morgan fingerprint density at radius 2 is 1.45 bits per heavy atom. The average Bonchev–Trinajstić information content (AvgIpc) is 2.51.